The van der Waals surface area contributed by atoms with Crippen LogP contribution in [0.1, 0.15) is 12.5 Å². The quantitative estimate of drug-likeness (QED) is 0.873. The molecule has 0 unspecified atom stereocenters. The van der Waals surface area contributed by atoms with Crippen LogP contribution in [-0.4, -0.2) is 35.7 Å². The summed E-state index contributed by atoms with van der Waals surface area (Å²) in [6.07, 6.45) is 0. The summed E-state index contributed by atoms with van der Waals surface area (Å²) in [5.41, 5.74) is 1.04. The van der Waals surface area contributed by atoms with Gasteiger partial charge in [-0.3, -0.25) is 0 Å². The van der Waals surface area contributed by atoms with Crippen molar-refractivity contribution < 1.29 is 9.90 Å². The van der Waals surface area contributed by atoms with Crippen LogP contribution in [0.4, 0.5) is 4.79 Å². The number of benzene rings is 1. The molecule has 0 spiro atoms. The van der Waals surface area contributed by atoms with E-state index in [0.29, 0.717) is 19.6 Å². The minimum atomic E-state index is -0.149. The molecule has 0 saturated heterocycles. The van der Waals surface area contributed by atoms with Crippen LogP contribution in [0.2, 0.25) is 0 Å². The predicted molar refractivity (Wildman–Crippen MR) is 70.7 cm³/mol. The molecule has 0 aliphatic heterocycles. The third kappa shape index (κ3) is 4.75. The van der Waals surface area contributed by atoms with Gasteiger partial charge in [-0.2, -0.15) is 0 Å². The van der Waals surface area contributed by atoms with Crippen molar-refractivity contribution in [3.8, 4) is 0 Å². The van der Waals surface area contributed by atoms with E-state index in [0.717, 1.165) is 10.0 Å². The number of aliphatic hydroxyl groups is 1. The average Bonchev–Trinajstić information content (AvgIpc) is 2.35. The van der Waals surface area contributed by atoms with Crippen molar-refractivity contribution in [1.82, 2.24) is 10.2 Å². The average molecular weight is 301 g/mol. The Morgan fingerprint density at radius 2 is 2.06 bits per heavy atom. The Bertz CT molecular complexity index is 354. The first-order valence-corrected chi connectivity index (χ1v) is 6.34. The lowest BCUT2D eigenvalue weighted by Crippen LogP contribution is -2.40. The number of carbonyl (C=O) groups is 1. The maximum Gasteiger partial charge on any atom is 0.317 e. The predicted octanol–water partition coefficient (Wildman–Crippen LogP) is 1.97. The summed E-state index contributed by atoms with van der Waals surface area (Å²) in [4.78, 5) is 13.3. The number of aliphatic hydroxyl groups excluding tert-OH is 1. The van der Waals surface area contributed by atoms with Gasteiger partial charge in [0.05, 0.1) is 6.61 Å². The molecule has 4 nitrogen and oxygen atoms in total. The number of nitrogens with one attached hydrogen (secondary N) is 1. The molecule has 0 aliphatic rings. The van der Waals surface area contributed by atoms with Crippen molar-refractivity contribution >= 4 is 22.0 Å². The van der Waals surface area contributed by atoms with Gasteiger partial charge >= 0.3 is 6.03 Å². The van der Waals surface area contributed by atoms with Crippen molar-refractivity contribution in [3.05, 3.63) is 34.3 Å². The first-order valence-electron chi connectivity index (χ1n) is 5.55. The Morgan fingerprint density at radius 3 is 2.59 bits per heavy atom. The minimum Gasteiger partial charge on any atom is -0.395 e. The number of urea groups is 1. The molecule has 0 aliphatic carbocycles. The number of hydrogen-bond acceptors (Lipinski definition) is 2. The minimum absolute atomic E-state index is 0.0143. The fourth-order valence-electron chi connectivity index (χ4n) is 1.42. The van der Waals surface area contributed by atoms with Crippen LogP contribution >= 0.6 is 15.9 Å². The van der Waals surface area contributed by atoms with Gasteiger partial charge < -0.3 is 15.3 Å². The van der Waals surface area contributed by atoms with E-state index < -0.39 is 0 Å². The summed E-state index contributed by atoms with van der Waals surface area (Å²) in [5, 5.41) is 11.6. The van der Waals surface area contributed by atoms with E-state index in [4.69, 9.17) is 5.11 Å². The number of rotatable bonds is 5. The van der Waals surface area contributed by atoms with Crippen molar-refractivity contribution in [1.29, 1.82) is 0 Å². The highest BCUT2D eigenvalue weighted by Gasteiger charge is 2.09. The molecular weight excluding hydrogens is 284 g/mol. The van der Waals surface area contributed by atoms with Crippen LogP contribution in [0, 0.1) is 0 Å². The van der Waals surface area contributed by atoms with Gasteiger partial charge in [0.2, 0.25) is 0 Å². The zero-order valence-corrected chi connectivity index (χ0v) is 11.4. The monoisotopic (exact) mass is 300 g/mol. The van der Waals surface area contributed by atoms with E-state index in [1.807, 2.05) is 31.2 Å². The second kappa shape index (κ2) is 7.29. The molecule has 17 heavy (non-hydrogen) atoms. The summed E-state index contributed by atoms with van der Waals surface area (Å²) in [7, 11) is 0. The molecule has 0 saturated carbocycles. The van der Waals surface area contributed by atoms with Crippen LogP contribution in [0.3, 0.4) is 0 Å². The SMILES string of the molecule is CCN(CCO)C(=O)NCc1ccc(Br)cc1. The highest BCUT2D eigenvalue weighted by Crippen LogP contribution is 2.10. The standard InChI is InChI=1S/C12H17BrN2O2/c1-2-15(7-8-16)12(17)14-9-10-3-5-11(13)6-4-10/h3-6,16H,2,7-9H2,1H3,(H,14,17). The first-order chi connectivity index (χ1) is 8.17. The van der Waals surface area contributed by atoms with Crippen LogP contribution in [0.5, 0.6) is 0 Å². The maximum absolute atomic E-state index is 11.7. The van der Waals surface area contributed by atoms with Crippen molar-refractivity contribution in [2.75, 3.05) is 19.7 Å². The van der Waals surface area contributed by atoms with Gasteiger partial charge in [0.15, 0.2) is 0 Å². The molecule has 1 aromatic rings. The lowest BCUT2D eigenvalue weighted by Gasteiger charge is -2.20. The molecule has 1 aromatic carbocycles. The summed E-state index contributed by atoms with van der Waals surface area (Å²) < 4.78 is 1.02. The Labute approximate surface area is 110 Å². The summed E-state index contributed by atoms with van der Waals surface area (Å²) >= 11 is 3.36. The molecule has 0 bridgehead atoms. The van der Waals surface area contributed by atoms with Gasteiger partial charge in [-0.05, 0) is 24.6 Å². The normalized spacial score (nSPS) is 10.1. The molecule has 0 atom stereocenters. The fraction of sp³-hybridized carbons (Fsp3) is 0.417. The zero-order valence-electron chi connectivity index (χ0n) is 9.82. The van der Waals surface area contributed by atoms with Crippen LogP contribution < -0.4 is 5.32 Å². The van der Waals surface area contributed by atoms with Gasteiger partial charge in [-0.1, -0.05) is 28.1 Å². The maximum atomic E-state index is 11.7. The molecule has 1 rings (SSSR count). The van der Waals surface area contributed by atoms with E-state index in [1.165, 1.54) is 0 Å². The van der Waals surface area contributed by atoms with Gasteiger partial charge in [0.1, 0.15) is 0 Å². The van der Waals surface area contributed by atoms with Gasteiger partial charge in [0.25, 0.3) is 0 Å². The Kier molecular flexibility index (Phi) is 6.00. The lowest BCUT2D eigenvalue weighted by atomic mass is 10.2. The molecule has 0 heterocycles. The number of carbonyl (C=O) groups excluding carboxylic acids is 1. The number of likely N-dealkylation sites (N-methyl/N-ethyl adjacent to an activating group) is 1. The van der Waals surface area contributed by atoms with Crippen LogP contribution in [-0.2, 0) is 6.54 Å². The number of nitrogens with zero attached hydrogens (tertiary/aromatic N) is 1. The fourth-order valence-corrected chi connectivity index (χ4v) is 1.68. The molecule has 2 amide bonds. The van der Waals surface area contributed by atoms with Crippen molar-refractivity contribution in [2.24, 2.45) is 0 Å². The highest BCUT2D eigenvalue weighted by molar-refractivity contribution is 9.10. The highest BCUT2D eigenvalue weighted by atomic mass is 79.9. The van der Waals surface area contributed by atoms with E-state index in [2.05, 4.69) is 21.2 Å². The van der Waals surface area contributed by atoms with E-state index in [-0.39, 0.29) is 12.6 Å². The van der Waals surface area contributed by atoms with Crippen molar-refractivity contribution in [2.45, 2.75) is 13.5 Å². The molecule has 5 heteroatoms. The van der Waals surface area contributed by atoms with Gasteiger partial charge in [-0.15, -0.1) is 0 Å². The second-order valence-corrected chi connectivity index (χ2v) is 4.50. The Hall–Kier alpha value is -1.07. The molecule has 0 aromatic heterocycles. The molecule has 0 fully saturated rings. The summed E-state index contributed by atoms with van der Waals surface area (Å²) in [5.74, 6) is 0. The Morgan fingerprint density at radius 1 is 1.41 bits per heavy atom. The topological polar surface area (TPSA) is 52.6 Å². The van der Waals surface area contributed by atoms with Crippen molar-refractivity contribution in [3.63, 3.8) is 0 Å². The molecular formula is C12H17BrN2O2. The van der Waals surface area contributed by atoms with Crippen LogP contribution in [0.15, 0.2) is 28.7 Å². The lowest BCUT2D eigenvalue weighted by molar-refractivity contribution is 0.180. The molecule has 2 N–H and O–H groups in total. The van der Waals surface area contributed by atoms with Crippen LogP contribution in [0.25, 0.3) is 0 Å². The number of hydrogen-bond donors (Lipinski definition) is 2. The number of halogens is 1. The molecule has 0 radical (unpaired) electrons. The third-order valence-corrected chi connectivity index (χ3v) is 2.92. The summed E-state index contributed by atoms with van der Waals surface area (Å²) in [6.45, 7) is 3.32. The smallest absolute Gasteiger partial charge is 0.317 e. The summed E-state index contributed by atoms with van der Waals surface area (Å²) in [6, 6.07) is 7.63. The van der Waals surface area contributed by atoms with E-state index >= 15 is 0 Å². The number of amides is 2. The van der Waals surface area contributed by atoms with E-state index in [9.17, 15) is 4.79 Å². The van der Waals surface area contributed by atoms with E-state index in [1.54, 1.807) is 4.90 Å². The van der Waals surface area contributed by atoms with Gasteiger partial charge in [-0.25, -0.2) is 4.79 Å². The first kappa shape index (κ1) is 14.0. The zero-order chi connectivity index (χ0) is 12.7. The second-order valence-electron chi connectivity index (χ2n) is 3.59. The Balaban J connectivity index is 2.44. The largest absolute Gasteiger partial charge is 0.395 e. The third-order valence-electron chi connectivity index (χ3n) is 2.40. The van der Waals surface area contributed by atoms with Gasteiger partial charge in [0, 0.05) is 24.1 Å². The molecule has 94 valence electrons.